The van der Waals surface area contributed by atoms with Crippen LogP contribution in [0.2, 0.25) is 0 Å². The van der Waals surface area contributed by atoms with E-state index in [1.54, 1.807) is 0 Å². The van der Waals surface area contributed by atoms with Crippen LogP contribution in [0, 0.1) is 12.3 Å². The van der Waals surface area contributed by atoms with Gasteiger partial charge in [-0.25, -0.2) is 0 Å². The highest BCUT2D eigenvalue weighted by molar-refractivity contribution is 5.93. The number of carbonyl (C=O) groups is 1. The Morgan fingerprint density at radius 1 is 1.50 bits per heavy atom. The van der Waals surface area contributed by atoms with E-state index in [1.807, 2.05) is 5.10 Å². The Kier molecular flexibility index (Phi) is 3.26. The van der Waals surface area contributed by atoms with Gasteiger partial charge in [0.25, 0.3) is 5.91 Å². The molecule has 9 heteroatoms. The molecule has 1 aromatic heterocycles. The molecule has 3 aliphatic rings. The number of aromatic amines is 1. The van der Waals surface area contributed by atoms with Gasteiger partial charge in [-0.05, 0) is 19.8 Å². The summed E-state index contributed by atoms with van der Waals surface area (Å²) in [5.74, 6) is -0.615. The second-order valence-corrected chi connectivity index (χ2v) is 6.28. The first-order valence-electron chi connectivity index (χ1n) is 6.95. The summed E-state index contributed by atoms with van der Waals surface area (Å²) in [7, 11) is 0. The summed E-state index contributed by atoms with van der Waals surface area (Å²) < 4.78 is 43.7. The van der Waals surface area contributed by atoms with Crippen molar-refractivity contribution in [2.24, 2.45) is 11.1 Å². The molecule has 1 aliphatic carbocycles. The van der Waals surface area contributed by atoms with E-state index < -0.39 is 17.8 Å². The average Bonchev–Trinajstić information content (AvgIpc) is 3.05. The Labute approximate surface area is 124 Å². The monoisotopic (exact) mass is 318 g/mol. The normalized spacial score (nSPS) is 30.2. The number of hydrogen-bond acceptors (Lipinski definition) is 4. The number of nitrogens with zero attached hydrogens (tertiary/aromatic N) is 1. The summed E-state index contributed by atoms with van der Waals surface area (Å²) in [5.41, 5.74) is 3.80. The minimum absolute atomic E-state index is 0.147. The molecule has 2 saturated heterocycles. The minimum atomic E-state index is -4.55. The van der Waals surface area contributed by atoms with Crippen molar-refractivity contribution in [1.82, 2.24) is 15.5 Å². The number of carbonyl (C=O) groups excluding carboxylic acids is 1. The third kappa shape index (κ3) is 2.28. The number of H-pyrrole nitrogens is 1. The number of fused-ring (bicyclic) bond motifs is 1. The number of ether oxygens (including phenoxy) is 1. The third-order valence-electron chi connectivity index (χ3n) is 4.58. The van der Waals surface area contributed by atoms with Crippen molar-refractivity contribution >= 4 is 5.91 Å². The average molecular weight is 318 g/mol. The predicted molar refractivity (Wildman–Crippen MR) is 70.1 cm³/mol. The van der Waals surface area contributed by atoms with Gasteiger partial charge in [0.1, 0.15) is 5.69 Å². The lowest BCUT2D eigenvalue weighted by molar-refractivity contribution is -0.141. The van der Waals surface area contributed by atoms with Gasteiger partial charge in [-0.1, -0.05) is 0 Å². The molecule has 2 bridgehead atoms. The molecular weight excluding hydrogens is 301 g/mol. The van der Waals surface area contributed by atoms with Crippen LogP contribution in [0.5, 0.6) is 0 Å². The Bertz CT molecular complexity index is 605. The number of nitrogens with two attached hydrogens (primary N) is 1. The largest absolute Gasteiger partial charge is 0.433 e. The lowest BCUT2D eigenvalue weighted by atomic mass is 9.62. The molecule has 1 aromatic rings. The van der Waals surface area contributed by atoms with Crippen LogP contribution in [0.4, 0.5) is 13.2 Å². The molecule has 3 heterocycles. The summed E-state index contributed by atoms with van der Waals surface area (Å²) >= 11 is 0. The zero-order valence-electron chi connectivity index (χ0n) is 12.0. The van der Waals surface area contributed by atoms with Crippen LogP contribution in [0.3, 0.4) is 0 Å². The molecule has 4 N–H and O–H groups in total. The highest BCUT2D eigenvalue weighted by Gasteiger charge is 2.61. The Morgan fingerprint density at radius 3 is 2.68 bits per heavy atom. The van der Waals surface area contributed by atoms with E-state index in [9.17, 15) is 18.0 Å². The quantitative estimate of drug-likeness (QED) is 0.771. The molecule has 1 saturated carbocycles. The van der Waals surface area contributed by atoms with Crippen LogP contribution < -0.4 is 11.1 Å². The lowest BCUT2D eigenvalue weighted by Crippen LogP contribution is -2.53. The Morgan fingerprint density at radius 2 is 2.18 bits per heavy atom. The summed E-state index contributed by atoms with van der Waals surface area (Å²) in [6, 6.07) is 0. The molecule has 122 valence electrons. The Hall–Kier alpha value is -1.61. The number of hydrogen-bond donors (Lipinski definition) is 3. The van der Waals surface area contributed by atoms with E-state index in [2.05, 4.69) is 10.4 Å². The molecule has 0 spiro atoms. The minimum Gasteiger partial charge on any atom is -0.373 e. The van der Waals surface area contributed by atoms with E-state index in [-0.39, 0.29) is 22.3 Å². The van der Waals surface area contributed by atoms with Gasteiger partial charge >= 0.3 is 6.18 Å². The van der Waals surface area contributed by atoms with Gasteiger partial charge in [0.15, 0.2) is 5.69 Å². The van der Waals surface area contributed by atoms with Crippen LogP contribution in [-0.2, 0) is 10.9 Å². The lowest BCUT2D eigenvalue weighted by Gasteiger charge is -2.43. The molecule has 0 aromatic carbocycles. The number of amides is 1. The van der Waals surface area contributed by atoms with E-state index in [1.165, 1.54) is 6.92 Å². The van der Waals surface area contributed by atoms with E-state index >= 15 is 0 Å². The van der Waals surface area contributed by atoms with Gasteiger partial charge < -0.3 is 15.8 Å². The molecule has 1 amide bonds. The van der Waals surface area contributed by atoms with Crippen molar-refractivity contribution in [3.63, 3.8) is 0 Å². The van der Waals surface area contributed by atoms with Crippen LogP contribution in [-0.4, -0.2) is 41.4 Å². The van der Waals surface area contributed by atoms with Gasteiger partial charge in [0.05, 0.1) is 12.2 Å². The first kappa shape index (κ1) is 15.3. The highest BCUT2D eigenvalue weighted by Crippen LogP contribution is 2.56. The molecule has 4 rings (SSSR count). The van der Waals surface area contributed by atoms with Crippen LogP contribution in [0.1, 0.15) is 34.6 Å². The van der Waals surface area contributed by atoms with Crippen molar-refractivity contribution in [2.45, 2.75) is 31.5 Å². The van der Waals surface area contributed by atoms with Gasteiger partial charge in [0.2, 0.25) is 0 Å². The fourth-order valence-corrected chi connectivity index (χ4v) is 3.45. The predicted octanol–water partition coefficient (Wildman–Crippen LogP) is 0.975. The number of halogens is 3. The second kappa shape index (κ2) is 4.69. The zero-order chi connectivity index (χ0) is 16.2. The van der Waals surface area contributed by atoms with E-state index in [4.69, 9.17) is 10.5 Å². The summed E-state index contributed by atoms with van der Waals surface area (Å²) in [4.78, 5) is 12.0. The number of nitrogens with one attached hydrogen (secondary N) is 2. The topological polar surface area (TPSA) is 93.0 Å². The summed E-state index contributed by atoms with van der Waals surface area (Å²) in [6.45, 7) is 2.52. The molecule has 6 nitrogen and oxygen atoms in total. The fraction of sp³-hybridized carbons (Fsp3) is 0.692. The number of alkyl halides is 3. The van der Waals surface area contributed by atoms with Gasteiger partial charge in [-0.15, -0.1) is 0 Å². The maximum atomic E-state index is 12.7. The fourth-order valence-electron chi connectivity index (χ4n) is 3.45. The first-order valence-corrected chi connectivity index (χ1v) is 6.95. The van der Waals surface area contributed by atoms with Gasteiger partial charge in [0, 0.05) is 24.1 Å². The smallest absolute Gasteiger partial charge is 0.373 e. The number of aromatic nitrogens is 2. The Balaban J connectivity index is 1.63. The van der Waals surface area contributed by atoms with Gasteiger partial charge in [-0.3, -0.25) is 9.89 Å². The molecule has 0 radical (unpaired) electrons. The van der Waals surface area contributed by atoms with Crippen molar-refractivity contribution in [3.05, 3.63) is 17.0 Å². The van der Waals surface area contributed by atoms with Crippen molar-refractivity contribution in [2.75, 3.05) is 19.7 Å². The van der Waals surface area contributed by atoms with E-state index in [0.717, 1.165) is 12.8 Å². The van der Waals surface area contributed by atoms with E-state index in [0.29, 0.717) is 19.7 Å². The SMILES string of the molecule is Cc1c(C(=O)NCC23COC(CN)(C2)C3)n[nH]c1C(F)(F)F. The summed E-state index contributed by atoms with van der Waals surface area (Å²) in [6.07, 6.45) is -3.02. The molecule has 0 atom stereocenters. The van der Waals surface area contributed by atoms with Crippen LogP contribution in [0.15, 0.2) is 0 Å². The molecular formula is C13H17F3N4O2. The maximum Gasteiger partial charge on any atom is 0.433 e. The van der Waals surface area contributed by atoms with Crippen molar-refractivity contribution in [3.8, 4) is 0 Å². The van der Waals surface area contributed by atoms with Crippen LogP contribution >= 0.6 is 0 Å². The zero-order valence-corrected chi connectivity index (χ0v) is 12.0. The molecule has 22 heavy (non-hydrogen) atoms. The molecule has 3 fully saturated rings. The maximum absolute atomic E-state index is 12.7. The number of rotatable bonds is 4. The first-order chi connectivity index (χ1) is 10.2. The summed E-state index contributed by atoms with van der Waals surface area (Å²) in [5, 5.41) is 8.02. The van der Waals surface area contributed by atoms with Crippen molar-refractivity contribution in [1.29, 1.82) is 0 Å². The third-order valence-corrected chi connectivity index (χ3v) is 4.58. The van der Waals surface area contributed by atoms with Crippen molar-refractivity contribution < 1.29 is 22.7 Å². The standard InChI is InChI=1S/C13H17F3N4O2/c1-7-8(19-20-9(7)13(14,15)16)10(21)18-5-11-2-12(3-11,4-17)22-6-11/h2-6,17H2,1H3,(H,18,21)(H,19,20). The highest BCUT2D eigenvalue weighted by atomic mass is 19.4. The molecule has 0 unspecified atom stereocenters. The van der Waals surface area contributed by atoms with Gasteiger partial charge in [-0.2, -0.15) is 18.3 Å². The van der Waals surface area contributed by atoms with Crippen LogP contribution in [0.25, 0.3) is 0 Å². The second-order valence-electron chi connectivity index (χ2n) is 6.28. The molecule has 2 aliphatic heterocycles.